The average Bonchev–Trinajstić information content (AvgIpc) is 2.79. The highest BCUT2D eigenvalue weighted by Crippen LogP contribution is 2.37. The van der Waals surface area contributed by atoms with Gasteiger partial charge in [-0.15, -0.1) is 0 Å². The lowest BCUT2D eigenvalue weighted by Crippen LogP contribution is -2.53. The standard InChI is InChI=1S/C23H35N3O2/c1-5-24-18-15-25(17-11-7-6-8-12-17)19-13-9-10-14-20(19)26(22(18)28)16-21(27)23(2,3)4/h9-10,13-14,17-18,24H,5-8,11-12,15-16H2,1-4H3/t18-/m1/s1. The lowest BCUT2D eigenvalue weighted by Gasteiger charge is -2.37. The number of para-hydroxylation sites is 2. The van der Waals surface area contributed by atoms with Crippen LogP contribution in [0.3, 0.4) is 0 Å². The minimum absolute atomic E-state index is 0.00482. The lowest BCUT2D eigenvalue weighted by molar-refractivity contribution is -0.127. The molecular weight excluding hydrogens is 350 g/mol. The van der Waals surface area contributed by atoms with Crippen molar-refractivity contribution in [2.24, 2.45) is 5.41 Å². The van der Waals surface area contributed by atoms with E-state index in [-0.39, 0.29) is 24.3 Å². The second-order valence-corrected chi connectivity index (χ2v) is 9.14. The first-order chi connectivity index (χ1) is 13.3. The number of amides is 1. The van der Waals surface area contributed by atoms with E-state index in [4.69, 9.17) is 0 Å². The summed E-state index contributed by atoms with van der Waals surface area (Å²) < 4.78 is 0. The fourth-order valence-corrected chi connectivity index (χ4v) is 4.30. The first kappa shape index (κ1) is 20.8. The minimum Gasteiger partial charge on any atom is -0.365 e. The maximum Gasteiger partial charge on any atom is 0.246 e. The SMILES string of the molecule is CCN[C@@H]1CN(C2CCCCC2)c2ccccc2N(CC(=O)C(C)(C)C)C1=O. The maximum absolute atomic E-state index is 13.5. The Morgan fingerprint density at radius 2 is 1.75 bits per heavy atom. The van der Waals surface area contributed by atoms with E-state index in [0.29, 0.717) is 12.6 Å². The number of hydrogen-bond donors (Lipinski definition) is 1. The van der Waals surface area contributed by atoms with Crippen LogP contribution in [0.25, 0.3) is 0 Å². The van der Waals surface area contributed by atoms with Gasteiger partial charge in [0.15, 0.2) is 5.78 Å². The normalized spacial score (nSPS) is 21.4. The first-order valence-corrected chi connectivity index (χ1v) is 10.8. The summed E-state index contributed by atoms with van der Waals surface area (Å²) in [6.45, 7) is 9.29. The number of anilines is 2. The van der Waals surface area contributed by atoms with Gasteiger partial charge in [0.1, 0.15) is 6.04 Å². The second-order valence-electron chi connectivity index (χ2n) is 9.14. The third kappa shape index (κ3) is 4.40. The number of ketones is 1. The van der Waals surface area contributed by atoms with Crippen molar-refractivity contribution in [3.63, 3.8) is 0 Å². The molecule has 1 aromatic carbocycles. The number of nitrogens with zero attached hydrogens (tertiary/aromatic N) is 2. The summed E-state index contributed by atoms with van der Waals surface area (Å²) >= 11 is 0. The van der Waals surface area contributed by atoms with Gasteiger partial charge in [-0.2, -0.15) is 0 Å². The Morgan fingerprint density at radius 1 is 1.11 bits per heavy atom. The third-order valence-corrected chi connectivity index (χ3v) is 6.03. The number of carbonyl (C=O) groups is 2. The van der Waals surface area contributed by atoms with Gasteiger partial charge < -0.3 is 15.1 Å². The molecule has 3 rings (SSSR count). The summed E-state index contributed by atoms with van der Waals surface area (Å²) in [7, 11) is 0. The molecule has 1 aliphatic heterocycles. The predicted octanol–water partition coefficient (Wildman–Crippen LogP) is 3.77. The molecule has 0 spiro atoms. The van der Waals surface area contributed by atoms with Crippen molar-refractivity contribution < 1.29 is 9.59 Å². The fourth-order valence-electron chi connectivity index (χ4n) is 4.30. The number of fused-ring (bicyclic) bond motifs is 1. The molecule has 5 heteroatoms. The molecule has 1 heterocycles. The average molecular weight is 386 g/mol. The molecule has 1 fully saturated rings. The van der Waals surface area contributed by atoms with Gasteiger partial charge >= 0.3 is 0 Å². The molecule has 0 bridgehead atoms. The van der Waals surface area contributed by atoms with Crippen molar-refractivity contribution in [1.29, 1.82) is 0 Å². The number of Topliss-reactive ketones (excluding diaryl/α,β-unsaturated/α-hetero) is 1. The molecule has 5 nitrogen and oxygen atoms in total. The van der Waals surface area contributed by atoms with Crippen LogP contribution in [0, 0.1) is 5.41 Å². The van der Waals surface area contributed by atoms with E-state index in [1.807, 2.05) is 45.9 Å². The van der Waals surface area contributed by atoms with E-state index < -0.39 is 5.41 Å². The van der Waals surface area contributed by atoms with Crippen LogP contribution in [-0.4, -0.2) is 43.4 Å². The molecule has 28 heavy (non-hydrogen) atoms. The van der Waals surface area contributed by atoms with Crippen LogP contribution in [0.5, 0.6) is 0 Å². The van der Waals surface area contributed by atoms with E-state index in [2.05, 4.69) is 16.3 Å². The number of benzene rings is 1. The molecule has 1 saturated carbocycles. The van der Waals surface area contributed by atoms with Gasteiger partial charge in [0.25, 0.3) is 0 Å². The molecule has 1 atom stereocenters. The molecule has 1 aliphatic carbocycles. The molecule has 1 aromatic rings. The minimum atomic E-state index is -0.474. The Kier molecular flexibility index (Phi) is 6.43. The maximum atomic E-state index is 13.5. The molecular formula is C23H35N3O2. The Labute approximate surface area is 169 Å². The number of carbonyl (C=O) groups excluding carboxylic acids is 2. The smallest absolute Gasteiger partial charge is 0.246 e. The Morgan fingerprint density at radius 3 is 2.36 bits per heavy atom. The molecule has 1 amide bonds. The monoisotopic (exact) mass is 385 g/mol. The molecule has 0 radical (unpaired) electrons. The van der Waals surface area contributed by atoms with E-state index in [1.165, 1.54) is 32.1 Å². The summed E-state index contributed by atoms with van der Waals surface area (Å²) in [5.41, 5.74) is 1.49. The van der Waals surface area contributed by atoms with Gasteiger partial charge in [0, 0.05) is 18.0 Å². The molecule has 154 valence electrons. The number of hydrogen-bond acceptors (Lipinski definition) is 4. The van der Waals surface area contributed by atoms with Crippen LogP contribution in [0.4, 0.5) is 11.4 Å². The zero-order valence-electron chi connectivity index (χ0n) is 17.8. The summed E-state index contributed by atoms with van der Waals surface area (Å²) in [6.07, 6.45) is 6.13. The Balaban J connectivity index is 2.02. The van der Waals surface area contributed by atoms with Crippen LogP contribution < -0.4 is 15.1 Å². The predicted molar refractivity (Wildman–Crippen MR) is 115 cm³/mol. The topological polar surface area (TPSA) is 52.6 Å². The van der Waals surface area contributed by atoms with Crippen molar-refractivity contribution in [3.05, 3.63) is 24.3 Å². The molecule has 0 saturated heterocycles. The summed E-state index contributed by atoms with van der Waals surface area (Å²) in [5, 5.41) is 3.38. The van der Waals surface area contributed by atoms with Crippen molar-refractivity contribution in [3.8, 4) is 0 Å². The quantitative estimate of drug-likeness (QED) is 0.838. The Hall–Kier alpha value is -1.88. The molecule has 2 aliphatic rings. The van der Waals surface area contributed by atoms with Gasteiger partial charge in [-0.25, -0.2) is 0 Å². The highest BCUT2D eigenvalue weighted by Gasteiger charge is 2.37. The summed E-state index contributed by atoms with van der Waals surface area (Å²) in [6, 6.07) is 8.27. The first-order valence-electron chi connectivity index (χ1n) is 10.8. The van der Waals surface area contributed by atoms with Crippen LogP contribution in [0.15, 0.2) is 24.3 Å². The number of nitrogens with one attached hydrogen (secondary N) is 1. The second kappa shape index (κ2) is 8.64. The summed E-state index contributed by atoms with van der Waals surface area (Å²) in [4.78, 5) is 30.4. The highest BCUT2D eigenvalue weighted by atomic mass is 16.2. The molecule has 0 aromatic heterocycles. The van der Waals surface area contributed by atoms with Gasteiger partial charge in [-0.1, -0.05) is 59.1 Å². The van der Waals surface area contributed by atoms with Gasteiger partial charge in [-0.3, -0.25) is 9.59 Å². The van der Waals surface area contributed by atoms with E-state index in [0.717, 1.165) is 17.9 Å². The van der Waals surface area contributed by atoms with Gasteiger partial charge in [0.2, 0.25) is 5.91 Å². The largest absolute Gasteiger partial charge is 0.365 e. The zero-order valence-corrected chi connectivity index (χ0v) is 17.8. The fraction of sp³-hybridized carbons (Fsp3) is 0.652. The van der Waals surface area contributed by atoms with Gasteiger partial charge in [0.05, 0.1) is 17.9 Å². The van der Waals surface area contributed by atoms with Crippen molar-refractivity contribution in [2.75, 3.05) is 29.4 Å². The zero-order chi connectivity index (χ0) is 20.3. The summed E-state index contributed by atoms with van der Waals surface area (Å²) in [5.74, 6) is 0.0854. The van der Waals surface area contributed by atoms with Crippen molar-refractivity contribution >= 4 is 23.1 Å². The van der Waals surface area contributed by atoms with Crippen LogP contribution in [0.2, 0.25) is 0 Å². The van der Waals surface area contributed by atoms with Crippen molar-refractivity contribution in [2.45, 2.75) is 71.9 Å². The van der Waals surface area contributed by atoms with Crippen LogP contribution in [0.1, 0.15) is 59.8 Å². The molecule has 1 N–H and O–H groups in total. The van der Waals surface area contributed by atoms with E-state index in [1.54, 1.807) is 4.90 Å². The van der Waals surface area contributed by atoms with E-state index in [9.17, 15) is 9.59 Å². The number of rotatable bonds is 5. The van der Waals surface area contributed by atoms with Crippen molar-refractivity contribution in [1.82, 2.24) is 5.32 Å². The van der Waals surface area contributed by atoms with Crippen LogP contribution >= 0.6 is 0 Å². The lowest BCUT2D eigenvalue weighted by atomic mass is 9.90. The Bertz CT molecular complexity index is 704. The third-order valence-electron chi connectivity index (χ3n) is 6.03. The highest BCUT2D eigenvalue weighted by molar-refractivity contribution is 6.06. The van der Waals surface area contributed by atoms with E-state index >= 15 is 0 Å². The number of likely N-dealkylation sites (N-methyl/N-ethyl adjacent to an activating group) is 1. The van der Waals surface area contributed by atoms with Crippen LogP contribution in [-0.2, 0) is 9.59 Å². The molecule has 0 unspecified atom stereocenters. The van der Waals surface area contributed by atoms with Gasteiger partial charge in [-0.05, 0) is 31.5 Å².